The lowest BCUT2D eigenvalue weighted by Crippen LogP contribution is -3.11. The highest BCUT2D eigenvalue weighted by atomic mass is 35.5. The lowest BCUT2D eigenvalue weighted by Gasteiger charge is -2.21. The van der Waals surface area contributed by atoms with E-state index in [1.807, 2.05) is 0 Å². The van der Waals surface area contributed by atoms with E-state index in [1.54, 1.807) is 46.0 Å². The molecule has 1 rings (SSSR count). The Hall–Kier alpha value is -1.79. The third-order valence-electron chi connectivity index (χ3n) is 2.76. The molecular formula is C16H24ClN2O4+. The number of quaternary nitrogens is 1. The van der Waals surface area contributed by atoms with Crippen LogP contribution in [0, 0.1) is 0 Å². The van der Waals surface area contributed by atoms with E-state index in [0.717, 1.165) is 4.90 Å². The zero-order valence-electron chi connectivity index (χ0n) is 14.2. The van der Waals surface area contributed by atoms with Crippen LogP contribution in [0.1, 0.15) is 20.8 Å². The van der Waals surface area contributed by atoms with Crippen molar-refractivity contribution in [2.75, 3.05) is 32.6 Å². The van der Waals surface area contributed by atoms with Gasteiger partial charge < -0.3 is 19.7 Å². The van der Waals surface area contributed by atoms with Crippen molar-refractivity contribution in [2.24, 2.45) is 0 Å². The fraction of sp³-hybridized carbons (Fsp3) is 0.500. The topological polar surface area (TPSA) is 69.1 Å². The standard InChI is InChI=1S/C16H23ClN2O4/c1-16(2,3)23-15(21)10-19(4)9-14(20)18-12-8-11(17)6-7-13(12)22-5/h6-8H,9-10H2,1-5H3,(H,18,20)/p+1. The summed E-state index contributed by atoms with van der Waals surface area (Å²) in [6.45, 7) is 5.64. The Bertz CT molecular complexity index is 570. The van der Waals surface area contributed by atoms with E-state index in [0.29, 0.717) is 16.5 Å². The number of hydrogen-bond acceptors (Lipinski definition) is 4. The molecular weight excluding hydrogens is 320 g/mol. The first-order valence-corrected chi connectivity index (χ1v) is 7.65. The highest BCUT2D eigenvalue weighted by Crippen LogP contribution is 2.27. The number of hydrogen-bond donors (Lipinski definition) is 2. The van der Waals surface area contributed by atoms with Gasteiger partial charge in [-0.15, -0.1) is 0 Å². The second-order valence-corrected chi connectivity index (χ2v) is 6.73. The van der Waals surface area contributed by atoms with Crippen molar-refractivity contribution in [3.05, 3.63) is 23.2 Å². The quantitative estimate of drug-likeness (QED) is 0.760. The van der Waals surface area contributed by atoms with E-state index in [-0.39, 0.29) is 25.0 Å². The number of nitrogens with one attached hydrogen (secondary N) is 2. The molecule has 0 saturated heterocycles. The van der Waals surface area contributed by atoms with Gasteiger partial charge in [0.05, 0.1) is 19.8 Å². The summed E-state index contributed by atoms with van der Waals surface area (Å²) in [5.41, 5.74) is -0.0385. The van der Waals surface area contributed by atoms with Gasteiger partial charge in [0.15, 0.2) is 13.1 Å². The van der Waals surface area contributed by atoms with Gasteiger partial charge in [0, 0.05) is 5.02 Å². The van der Waals surface area contributed by atoms with Gasteiger partial charge in [0.1, 0.15) is 11.4 Å². The molecule has 6 nitrogen and oxygen atoms in total. The largest absolute Gasteiger partial charge is 0.495 e. The fourth-order valence-electron chi connectivity index (χ4n) is 1.93. The smallest absolute Gasteiger partial charge is 0.362 e. The molecule has 1 unspecified atom stereocenters. The van der Waals surface area contributed by atoms with Crippen molar-refractivity contribution in [3.63, 3.8) is 0 Å². The molecule has 0 saturated carbocycles. The zero-order chi connectivity index (χ0) is 17.6. The summed E-state index contributed by atoms with van der Waals surface area (Å²) >= 11 is 5.92. The maximum atomic E-state index is 12.1. The number of esters is 1. The normalized spacial score (nSPS) is 12.4. The predicted octanol–water partition coefficient (Wildman–Crippen LogP) is 1.14. The maximum Gasteiger partial charge on any atom is 0.362 e. The first kappa shape index (κ1) is 19.3. The van der Waals surface area contributed by atoms with E-state index in [4.69, 9.17) is 21.1 Å². The van der Waals surface area contributed by atoms with Crippen LogP contribution >= 0.6 is 11.6 Å². The Labute approximate surface area is 141 Å². The third-order valence-corrected chi connectivity index (χ3v) is 3.00. The van der Waals surface area contributed by atoms with E-state index in [2.05, 4.69) is 5.32 Å². The van der Waals surface area contributed by atoms with Crippen LogP contribution in [0.15, 0.2) is 18.2 Å². The molecule has 0 bridgehead atoms. The molecule has 1 aromatic rings. The van der Waals surface area contributed by atoms with Gasteiger partial charge in [0.25, 0.3) is 5.91 Å². The van der Waals surface area contributed by atoms with Crippen molar-refractivity contribution in [1.29, 1.82) is 0 Å². The summed E-state index contributed by atoms with van der Waals surface area (Å²) in [4.78, 5) is 24.5. The van der Waals surface area contributed by atoms with Crippen molar-refractivity contribution in [2.45, 2.75) is 26.4 Å². The van der Waals surface area contributed by atoms with Crippen LogP contribution in [0.2, 0.25) is 5.02 Å². The van der Waals surface area contributed by atoms with Gasteiger partial charge >= 0.3 is 5.97 Å². The molecule has 0 aliphatic rings. The van der Waals surface area contributed by atoms with Crippen LogP contribution in [0.25, 0.3) is 0 Å². The second-order valence-electron chi connectivity index (χ2n) is 6.29. The van der Waals surface area contributed by atoms with E-state index >= 15 is 0 Å². The van der Waals surface area contributed by atoms with E-state index in [9.17, 15) is 9.59 Å². The van der Waals surface area contributed by atoms with Crippen molar-refractivity contribution < 1.29 is 24.0 Å². The Morgan fingerprint density at radius 1 is 1.26 bits per heavy atom. The predicted molar refractivity (Wildman–Crippen MR) is 89.1 cm³/mol. The Morgan fingerprint density at radius 2 is 1.91 bits per heavy atom. The highest BCUT2D eigenvalue weighted by molar-refractivity contribution is 6.31. The number of likely N-dealkylation sites (N-methyl/N-ethyl adjacent to an activating group) is 1. The highest BCUT2D eigenvalue weighted by Gasteiger charge is 2.21. The first-order valence-electron chi connectivity index (χ1n) is 7.27. The van der Waals surface area contributed by atoms with E-state index < -0.39 is 5.60 Å². The van der Waals surface area contributed by atoms with E-state index in [1.165, 1.54) is 7.11 Å². The summed E-state index contributed by atoms with van der Waals surface area (Å²) < 4.78 is 10.4. The minimum atomic E-state index is -0.534. The number of rotatable bonds is 6. The Kier molecular flexibility index (Phi) is 6.84. The molecule has 1 aromatic carbocycles. The van der Waals surface area contributed by atoms with Crippen LogP contribution < -0.4 is 15.0 Å². The number of anilines is 1. The number of carbonyl (C=O) groups is 2. The first-order chi connectivity index (χ1) is 10.6. The van der Waals surface area contributed by atoms with Gasteiger partial charge in [-0.25, -0.2) is 4.79 Å². The lowest BCUT2D eigenvalue weighted by molar-refractivity contribution is -0.863. The van der Waals surface area contributed by atoms with Gasteiger partial charge in [-0.05, 0) is 39.0 Å². The van der Waals surface area contributed by atoms with Crippen molar-refractivity contribution >= 4 is 29.2 Å². The molecule has 1 amide bonds. The monoisotopic (exact) mass is 343 g/mol. The van der Waals surface area contributed by atoms with Crippen LogP contribution in [-0.4, -0.2) is 44.7 Å². The zero-order valence-corrected chi connectivity index (χ0v) is 14.9. The summed E-state index contributed by atoms with van der Waals surface area (Å²) in [6.07, 6.45) is 0. The molecule has 2 N–H and O–H groups in total. The third kappa shape index (κ3) is 7.34. The summed E-state index contributed by atoms with van der Waals surface area (Å²) in [5.74, 6) is -0.0673. The van der Waals surface area contributed by atoms with Gasteiger partial charge in [0.2, 0.25) is 0 Å². The fourth-order valence-corrected chi connectivity index (χ4v) is 2.10. The number of halogens is 1. The maximum absolute atomic E-state index is 12.1. The molecule has 128 valence electrons. The van der Waals surface area contributed by atoms with Gasteiger partial charge in [-0.2, -0.15) is 0 Å². The van der Waals surface area contributed by atoms with Crippen LogP contribution in [-0.2, 0) is 14.3 Å². The molecule has 0 spiro atoms. The van der Waals surface area contributed by atoms with Crippen LogP contribution in [0.3, 0.4) is 0 Å². The van der Waals surface area contributed by atoms with Crippen molar-refractivity contribution in [3.8, 4) is 5.75 Å². The molecule has 0 fully saturated rings. The minimum Gasteiger partial charge on any atom is -0.495 e. The molecule has 0 radical (unpaired) electrons. The molecule has 7 heteroatoms. The average Bonchev–Trinajstić information content (AvgIpc) is 2.35. The number of ether oxygens (including phenoxy) is 2. The number of amides is 1. The average molecular weight is 344 g/mol. The van der Waals surface area contributed by atoms with Crippen LogP contribution in [0.4, 0.5) is 5.69 Å². The Balaban J connectivity index is 2.56. The van der Waals surface area contributed by atoms with Gasteiger partial charge in [-0.1, -0.05) is 11.6 Å². The molecule has 23 heavy (non-hydrogen) atoms. The number of benzene rings is 1. The Morgan fingerprint density at radius 3 is 2.48 bits per heavy atom. The summed E-state index contributed by atoms with van der Waals surface area (Å²) in [5, 5.41) is 3.23. The molecule has 0 aliphatic heterocycles. The lowest BCUT2D eigenvalue weighted by atomic mass is 10.2. The second kappa shape index (κ2) is 8.17. The minimum absolute atomic E-state index is 0.109. The number of carbonyl (C=O) groups excluding carboxylic acids is 2. The summed E-state index contributed by atoms with van der Waals surface area (Å²) in [6, 6.07) is 4.96. The van der Waals surface area contributed by atoms with Gasteiger partial charge in [-0.3, -0.25) is 4.79 Å². The molecule has 0 heterocycles. The number of methoxy groups -OCH3 is 1. The molecule has 0 aliphatic carbocycles. The molecule has 1 atom stereocenters. The van der Waals surface area contributed by atoms with Crippen LogP contribution in [0.5, 0.6) is 5.75 Å². The molecule has 0 aromatic heterocycles. The summed E-state index contributed by atoms with van der Waals surface area (Å²) in [7, 11) is 3.26. The van der Waals surface area contributed by atoms with Crippen molar-refractivity contribution in [1.82, 2.24) is 0 Å². The SMILES string of the molecule is COc1ccc(Cl)cc1NC(=O)C[NH+](C)CC(=O)OC(C)(C)C.